The molecular weight excluding hydrogens is 453 g/mol. The molecule has 3 rings (SSSR count). The summed E-state index contributed by atoms with van der Waals surface area (Å²) in [5.74, 6) is -0.357. The Bertz CT molecular complexity index is 959. The largest absolute Gasteiger partial charge is 0.353 e. The summed E-state index contributed by atoms with van der Waals surface area (Å²) in [4.78, 5) is 14.8. The van der Waals surface area contributed by atoms with Crippen LogP contribution in [0.2, 0.25) is 9.36 Å². The molecule has 1 N–H and O–H groups in total. The molecule has 1 aromatic heterocycles. The number of likely N-dealkylation sites (tertiary alicyclic amines) is 1. The van der Waals surface area contributed by atoms with E-state index in [9.17, 15) is 13.2 Å². The Labute approximate surface area is 185 Å². The SMILES string of the molecule is CN(CC(=O)NCC(c1cccc(Cl)c1)N1CCCC1)S(=O)(=O)c1ccc(Cl)s1. The number of likely N-dealkylation sites (N-methyl/N-ethyl adjacent to an activating group) is 1. The predicted octanol–water partition coefficient (Wildman–Crippen LogP) is 3.63. The van der Waals surface area contributed by atoms with Crippen LogP contribution in [0.4, 0.5) is 0 Å². The molecular formula is C19H23Cl2N3O3S2. The van der Waals surface area contributed by atoms with Crippen molar-refractivity contribution in [2.75, 3.05) is 33.2 Å². The number of hydrogen-bond acceptors (Lipinski definition) is 5. The average Bonchev–Trinajstić information content (AvgIpc) is 3.34. The summed E-state index contributed by atoms with van der Waals surface area (Å²) in [6, 6.07) is 10.6. The van der Waals surface area contributed by atoms with Gasteiger partial charge in [-0.15, -0.1) is 11.3 Å². The fraction of sp³-hybridized carbons (Fsp3) is 0.421. The Hall–Kier alpha value is -1.16. The number of rotatable bonds is 8. The number of carbonyl (C=O) groups is 1. The second kappa shape index (κ2) is 9.76. The first kappa shape index (κ1) is 22.5. The van der Waals surface area contributed by atoms with E-state index in [0.29, 0.717) is 15.9 Å². The summed E-state index contributed by atoms with van der Waals surface area (Å²) >= 11 is 13.0. The van der Waals surface area contributed by atoms with E-state index in [1.165, 1.54) is 19.2 Å². The van der Waals surface area contributed by atoms with E-state index in [2.05, 4.69) is 10.2 Å². The van der Waals surface area contributed by atoms with Gasteiger partial charge in [-0.3, -0.25) is 9.69 Å². The van der Waals surface area contributed by atoms with Gasteiger partial charge in [-0.25, -0.2) is 8.42 Å². The normalized spacial score (nSPS) is 16.3. The number of hydrogen-bond donors (Lipinski definition) is 1. The lowest BCUT2D eigenvalue weighted by Crippen LogP contribution is -2.42. The van der Waals surface area contributed by atoms with E-state index >= 15 is 0 Å². The number of thiophene rings is 1. The zero-order valence-corrected chi connectivity index (χ0v) is 19.1. The maximum atomic E-state index is 12.6. The fourth-order valence-corrected chi connectivity index (χ4v) is 6.39. The first-order valence-corrected chi connectivity index (χ1v) is 12.3. The molecule has 6 nitrogen and oxygen atoms in total. The molecule has 1 aliphatic rings. The van der Waals surface area contributed by atoms with Crippen LogP contribution >= 0.6 is 34.5 Å². The number of halogens is 2. The van der Waals surface area contributed by atoms with E-state index in [1.54, 1.807) is 0 Å². The van der Waals surface area contributed by atoms with Crippen molar-refractivity contribution in [3.8, 4) is 0 Å². The standard InChI is InChI=1S/C19H23Cl2N3O3S2/c1-23(29(26,27)19-8-7-17(21)28-19)13-18(25)22-12-16(24-9-2-3-10-24)14-5-4-6-15(20)11-14/h4-8,11,16H,2-3,9-10,12-13H2,1H3,(H,22,25). The van der Waals surface area contributed by atoms with E-state index in [4.69, 9.17) is 23.2 Å². The molecule has 0 bridgehead atoms. The van der Waals surface area contributed by atoms with Gasteiger partial charge in [0.05, 0.1) is 16.9 Å². The van der Waals surface area contributed by atoms with Crippen molar-refractivity contribution in [3.63, 3.8) is 0 Å². The van der Waals surface area contributed by atoms with E-state index in [0.717, 1.165) is 47.1 Å². The van der Waals surface area contributed by atoms with Crippen LogP contribution in [0, 0.1) is 0 Å². The molecule has 0 aliphatic carbocycles. The summed E-state index contributed by atoms with van der Waals surface area (Å²) in [5, 5.41) is 3.54. The number of sulfonamides is 1. The van der Waals surface area contributed by atoms with Crippen LogP contribution in [0.3, 0.4) is 0 Å². The van der Waals surface area contributed by atoms with Crippen molar-refractivity contribution >= 4 is 50.5 Å². The maximum absolute atomic E-state index is 12.6. The lowest BCUT2D eigenvalue weighted by atomic mass is 10.1. The highest BCUT2D eigenvalue weighted by molar-refractivity contribution is 7.91. The fourth-order valence-electron chi connectivity index (χ4n) is 3.37. The lowest BCUT2D eigenvalue weighted by Gasteiger charge is -2.28. The monoisotopic (exact) mass is 475 g/mol. The Balaban J connectivity index is 1.64. The Morgan fingerprint density at radius 1 is 1.24 bits per heavy atom. The zero-order valence-electron chi connectivity index (χ0n) is 16.0. The summed E-state index contributed by atoms with van der Waals surface area (Å²) < 4.78 is 26.7. The highest BCUT2D eigenvalue weighted by Gasteiger charge is 2.27. The number of benzene rings is 1. The van der Waals surface area contributed by atoms with E-state index < -0.39 is 10.0 Å². The molecule has 10 heteroatoms. The molecule has 29 heavy (non-hydrogen) atoms. The number of nitrogens with zero attached hydrogens (tertiary/aromatic N) is 2. The van der Waals surface area contributed by atoms with Crippen molar-refractivity contribution in [2.45, 2.75) is 23.1 Å². The Morgan fingerprint density at radius 3 is 2.59 bits per heavy atom. The van der Waals surface area contributed by atoms with Crippen LogP contribution in [0.15, 0.2) is 40.6 Å². The zero-order chi connectivity index (χ0) is 21.0. The van der Waals surface area contributed by atoms with Gasteiger partial charge < -0.3 is 5.32 Å². The molecule has 2 aromatic rings. The van der Waals surface area contributed by atoms with Crippen LogP contribution in [-0.4, -0.2) is 56.8 Å². The van der Waals surface area contributed by atoms with Gasteiger partial charge in [0.1, 0.15) is 4.21 Å². The molecule has 158 valence electrons. The molecule has 1 aliphatic heterocycles. The first-order valence-electron chi connectivity index (χ1n) is 9.25. The molecule has 0 saturated carbocycles. The van der Waals surface area contributed by atoms with Crippen molar-refractivity contribution in [1.29, 1.82) is 0 Å². The third-order valence-corrected chi connectivity index (χ3v) is 8.62. The quantitative estimate of drug-likeness (QED) is 0.632. The lowest BCUT2D eigenvalue weighted by molar-refractivity contribution is -0.121. The van der Waals surface area contributed by atoms with Gasteiger partial charge in [0, 0.05) is 18.6 Å². The number of amides is 1. The van der Waals surface area contributed by atoms with Gasteiger partial charge in [0.15, 0.2) is 0 Å². The minimum Gasteiger partial charge on any atom is -0.353 e. The van der Waals surface area contributed by atoms with Gasteiger partial charge in [-0.05, 0) is 55.8 Å². The molecule has 0 radical (unpaired) electrons. The molecule has 1 aromatic carbocycles. The second-order valence-corrected chi connectivity index (χ2v) is 11.4. The summed E-state index contributed by atoms with van der Waals surface area (Å²) in [7, 11) is -2.36. The van der Waals surface area contributed by atoms with Crippen molar-refractivity contribution in [1.82, 2.24) is 14.5 Å². The Morgan fingerprint density at radius 2 is 1.97 bits per heavy atom. The number of nitrogens with one attached hydrogen (secondary N) is 1. The van der Waals surface area contributed by atoms with Crippen LogP contribution in [0.5, 0.6) is 0 Å². The highest BCUT2D eigenvalue weighted by Crippen LogP contribution is 2.28. The third kappa shape index (κ3) is 5.71. The highest BCUT2D eigenvalue weighted by atomic mass is 35.5. The molecule has 1 amide bonds. The van der Waals surface area contributed by atoms with E-state index in [-0.39, 0.29) is 22.7 Å². The van der Waals surface area contributed by atoms with E-state index in [1.807, 2.05) is 24.3 Å². The summed E-state index contributed by atoms with van der Waals surface area (Å²) in [6.45, 7) is 2.04. The minimum absolute atomic E-state index is 0.00170. The molecule has 1 fully saturated rings. The van der Waals surface area contributed by atoms with Crippen LogP contribution < -0.4 is 5.32 Å². The first-order chi connectivity index (χ1) is 13.8. The van der Waals surface area contributed by atoms with Crippen molar-refractivity contribution < 1.29 is 13.2 Å². The number of carbonyl (C=O) groups excluding carboxylic acids is 1. The molecule has 1 unspecified atom stereocenters. The van der Waals surface area contributed by atoms with Crippen molar-refractivity contribution in [2.24, 2.45) is 0 Å². The Kier molecular flexibility index (Phi) is 7.58. The average molecular weight is 476 g/mol. The maximum Gasteiger partial charge on any atom is 0.252 e. The summed E-state index contributed by atoms with van der Waals surface area (Å²) in [6.07, 6.45) is 2.24. The van der Waals surface area contributed by atoms with Gasteiger partial charge in [-0.1, -0.05) is 35.3 Å². The molecule has 1 atom stereocenters. The van der Waals surface area contributed by atoms with Gasteiger partial charge in [-0.2, -0.15) is 4.31 Å². The molecule has 0 spiro atoms. The smallest absolute Gasteiger partial charge is 0.252 e. The van der Waals surface area contributed by atoms with Crippen LogP contribution in [0.1, 0.15) is 24.4 Å². The predicted molar refractivity (Wildman–Crippen MR) is 117 cm³/mol. The van der Waals surface area contributed by atoms with Gasteiger partial charge >= 0.3 is 0 Å². The van der Waals surface area contributed by atoms with Gasteiger partial charge in [0.2, 0.25) is 5.91 Å². The summed E-state index contributed by atoms with van der Waals surface area (Å²) in [5.41, 5.74) is 1.04. The molecule has 1 saturated heterocycles. The van der Waals surface area contributed by atoms with Crippen LogP contribution in [0.25, 0.3) is 0 Å². The third-order valence-electron chi connectivity index (χ3n) is 4.89. The van der Waals surface area contributed by atoms with Crippen LogP contribution in [-0.2, 0) is 14.8 Å². The second-order valence-electron chi connectivity index (χ2n) is 6.94. The van der Waals surface area contributed by atoms with Gasteiger partial charge in [0.25, 0.3) is 10.0 Å². The topological polar surface area (TPSA) is 69.7 Å². The van der Waals surface area contributed by atoms with Crippen molar-refractivity contribution in [3.05, 3.63) is 51.3 Å². The molecule has 2 heterocycles. The minimum atomic E-state index is -3.75.